The molecular formula is C17H13NO3. The van der Waals surface area contributed by atoms with Gasteiger partial charge in [-0.15, -0.1) is 0 Å². The molecule has 0 N–H and O–H groups in total. The lowest BCUT2D eigenvalue weighted by Gasteiger charge is -2.09. The number of benzene rings is 2. The smallest absolute Gasteiger partial charge is 0.308 e. The Kier molecular flexibility index (Phi) is 3.28. The molecule has 4 heteroatoms. The maximum Gasteiger partial charge on any atom is 0.308 e. The number of rotatable bonds is 2. The predicted octanol–water partition coefficient (Wildman–Crippen LogP) is 2.92. The van der Waals surface area contributed by atoms with Crippen LogP contribution in [0, 0.1) is 0 Å². The molecule has 1 aromatic heterocycles. The average Bonchev–Trinajstić information content (AvgIpc) is 2.48. The van der Waals surface area contributed by atoms with Crippen molar-refractivity contribution < 1.29 is 9.53 Å². The summed E-state index contributed by atoms with van der Waals surface area (Å²) in [5, 5.41) is 2.14. The molecule has 2 aromatic carbocycles. The van der Waals surface area contributed by atoms with Crippen molar-refractivity contribution in [1.29, 1.82) is 0 Å². The molecule has 0 unspecified atom stereocenters. The van der Waals surface area contributed by atoms with Crippen molar-refractivity contribution in [2.75, 3.05) is 0 Å². The van der Waals surface area contributed by atoms with Crippen LogP contribution in [0.1, 0.15) is 6.92 Å². The number of aromatic nitrogens is 1. The Morgan fingerprint density at radius 3 is 2.52 bits per heavy atom. The lowest BCUT2D eigenvalue weighted by Crippen LogP contribution is -2.21. The molecule has 0 fully saturated rings. The van der Waals surface area contributed by atoms with Gasteiger partial charge in [0.2, 0.25) is 0 Å². The summed E-state index contributed by atoms with van der Waals surface area (Å²) in [6, 6.07) is 16.8. The van der Waals surface area contributed by atoms with Gasteiger partial charge < -0.3 is 4.74 Å². The average molecular weight is 279 g/mol. The number of pyridine rings is 1. The fraction of sp³-hybridized carbons (Fsp3) is 0.0588. The molecule has 0 spiro atoms. The molecule has 4 nitrogen and oxygen atoms in total. The van der Waals surface area contributed by atoms with Gasteiger partial charge in [0.1, 0.15) is 0 Å². The summed E-state index contributed by atoms with van der Waals surface area (Å²) in [5.41, 5.74) is 0.371. The van der Waals surface area contributed by atoms with E-state index < -0.39 is 5.97 Å². The second-order valence-electron chi connectivity index (χ2n) is 4.67. The zero-order chi connectivity index (χ0) is 14.8. The Morgan fingerprint density at radius 2 is 1.76 bits per heavy atom. The molecule has 0 atom stereocenters. The lowest BCUT2D eigenvalue weighted by molar-refractivity contribution is -0.131. The molecule has 3 rings (SSSR count). The molecular weight excluding hydrogens is 266 g/mol. The van der Waals surface area contributed by atoms with Gasteiger partial charge in [-0.3, -0.25) is 14.2 Å². The van der Waals surface area contributed by atoms with E-state index in [4.69, 9.17) is 4.74 Å². The van der Waals surface area contributed by atoms with E-state index in [1.165, 1.54) is 17.6 Å². The second kappa shape index (κ2) is 5.25. The van der Waals surface area contributed by atoms with Gasteiger partial charge in [-0.1, -0.05) is 30.3 Å². The van der Waals surface area contributed by atoms with Crippen LogP contribution < -0.4 is 10.3 Å². The van der Waals surface area contributed by atoms with Gasteiger partial charge in [0, 0.05) is 18.8 Å². The van der Waals surface area contributed by atoms with Crippen molar-refractivity contribution in [3.63, 3.8) is 0 Å². The first-order valence-corrected chi connectivity index (χ1v) is 6.54. The van der Waals surface area contributed by atoms with Crippen molar-refractivity contribution in [2.45, 2.75) is 6.92 Å². The van der Waals surface area contributed by atoms with Crippen molar-refractivity contribution in [3.05, 3.63) is 71.1 Å². The summed E-state index contributed by atoms with van der Waals surface area (Å²) in [7, 11) is 0. The van der Waals surface area contributed by atoms with Crippen molar-refractivity contribution in [1.82, 2.24) is 4.57 Å². The number of carbonyl (C=O) groups excluding carboxylic acids is 1. The van der Waals surface area contributed by atoms with Crippen LogP contribution in [0.3, 0.4) is 0 Å². The molecule has 0 saturated carbocycles. The van der Waals surface area contributed by atoms with Gasteiger partial charge in [0.05, 0.1) is 0 Å². The van der Waals surface area contributed by atoms with Crippen LogP contribution in [0.2, 0.25) is 0 Å². The molecule has 3 aromatic rings. The van der Waals surface area contributed by atoms with E-state index in [9.17, 15) is 9.59 Å². The van der Waals surface area contributed by atoms with Gasteiger partial charge in [0.25, 0.3) is 5.56 Å². The largest absolute Gasteiger partial charge is 0.421 e. The van der Waals surface area contributed by atoms with E-state index >= 15 is 0 Å². The van der Waals surface area contributed by atoms with E-state index in [2.05, 4.69) is 0 Å². The molecule has 21 heavy (non-hydrogen) atoms. The molecule has 104 valence electrons. The van der Waals surface area contributed by atoms with Crippen molar-refractivity contribution in [2.24, 2.45) is 0 Å². The highest BCUT2D eigenvalue weighted by molar-refractivity contribution is 5.84. The molecule has 0 radical (unpaired) electrons. The number of hydrogen-bond donors (Lipinski definition) is 0. The van der Waals surface area contributed by atoms with Crippen LogP contribution in [0.5, 0.6) is 5.75 Å². The summed E-state index contributed by atoms with van der Waals surface area (Å²) in [6.07, 6.45) is 1.65. The molecule has 0 aliphatic carbocycles. The maximum absolute atomic E-state index is 12.3. The Balaban J connectivity index is 2.14. The third kappa shape index (κ3) is 2.56. The topological polar surface area (TPSA) is 48.3 Å². The highest BCUT2D eigenvalue weighted by atomic mass is 16.5. The van der Waals surface area contributed by atoms with Crippen LogP contribution in [0.25, 0.3) is 16.5 Å². The quantitative estimate of drug-likeness (QED) is 0.678. The van der Waals surface area contributed by atoms with E-state index in [-0.39, 0.29) is 11.3 Å². The molecule has 0 saturated heterocycles. The Bertz CT molecular complexity index is 880. The first-order valence-electron chi connectivity index (χ1n) is 6.54. The third-order valence-electron chi connectivity index (χ3n) is 3.18. The SMILES string of the molecule is CC(=O)Oc1cccn(-c2ccc3ccccc3c2)c1=O. The number of hydrogen-bond acceptors (Lipinski definition) is 3. The highest BCUT2D eigenvalue weighted by Crippen LogP contribution is 2.18. The van der Waals surface area contributed by atoms with Crippen LogP contribution in [-0.4, -0.2) is 10.5 Å². The summed E-state index contributed by atoms with van der Waals surface area (Å²) in [4.78, 5) is 23.3. The van der Waals surface area contributed by atoms with E-state index in [1.54, 1.807) is 12.3 Å². The second-order valence-corrected chi connectivity index (χ2v) is 4.67. The predicted molar refractivity (Wildman–Crippen MR) is 80.9 cm³/mol. The third-order valence-corrected chi connectivity index (χ3v) is 3.18. The van der Waals surface area contributed by atoms with Gasteiger partial charge in [-0.05, 0) is 35.0 Å². The number of esters is 1. The molecule has 0 bridgehead atoms. The summed E-state index contributed by atoms with van der Waals surface area (Å²) in [6.45, 7) is 1.27. The standard InChI is InChI=1S/C17H13NO3/c1-12(19)21-16-7-4-10-18(17(16)20)15-9-8-13-5-2-3-6-14(13)11-15/h2-11H,1H3. The van der Waals surface area contributed by atoms with Crippen molar-refractivity contribution >= 4 is 16.7 Å². The minimum atomic E-state index is -0.511. The van der Waals surface area contributed by atoms with Crippen LogP contribution in [0.4, 0.5) is 0 Å². The molecule has 0 aliphatic heterocycles. The summed E-state index contributed by atoms with van der Waals surface area (Å²) < 4.78 is 6.39. The number of fused-ring (bicyclic) bond motifs is 1. The lowest BCUT2D eigenvalue weighted by atomic mass is 10.1. The van der Waals surface area contributed by atoms with E-state index in [0.29, 0.717) is 0 Å². The molecule has 0 amide bonds. The Morgan fingerprint density at radius 1 is 1.00 bits per heavy atom. The van der Waals surface area contributed by atoms with Crippen LogP contribution >= 0.6 is 0 Å². The monoisotopic (exact) mass is 279 g/mol. The fourth-order valence-corrected chi connectivity index (χ4v) is 2.24. The van der Waals surface area contributed by atoms with Gasteiger partial charge in [-0.25, -0.2) is 0 Å². The van der Waals surface area contributed by atoms with Crippen molar-refractivity contribution in [3.8, 4) is 11.4 Å². The molecule has 0 aliphatic rings. The van der Waals surface area contributed by atoms with E-state index in [1.807, 2.05) is 42.5 Å². The number of ether oxygens (including phenoxy) is 1. The Hall–Kier alpha value is -2.88. The zero-order valence-corrected chi connectivity index (χ0v) is 11.4. The van der Waals surface area contributed by atoms with Crippen LogP contribution in [0.15, 0.2) is 65.6 Å². The summed E-state index contributed by atoms with van der Waals surface area (Å²) >= 11 is 0. The minimum absolute atomic E-state index is 0.0261. The molecule has 1 heterocycles. The van der Waals surface area contributed by atoms with Gasteiger partial charge in [0.15, 0.2) is 5.75 Å². The van der Waals surface area contributed by atoms with E-state index in [0.717, 1.165) is 16.5 Å². The maximum atomic E-state index is 12.3. The Labute approximate surface area is 121 Å². The highest BCUT2D eigenvalue weighted by Gasteiger charge is 2.08. The van der Waals surface area contributed by atoms with Gasteiger partial charge >= 0.3 is 5.97 Å². The first-order chi connectivity index (χ1) is 10.1. The first kappa shape index (κ1) is 13.1. The van der Waals surface area contributed by atoms with Crippen LogP contribution in [-0.2, 0) is 4.79 Å². The minimum Gasteiger partial charge on any atom is -0.421 e. The fourth-order valence-electron chi connectivity index (χ4n) is 2.24. The number of nitrogens with zero attached hydrogens (tertiary/aromatic N) is 1. The number of carbonyl (C=O) groups is 1. The summed E-state index contributed by atoms with van der Waals surface area (Å²) in [5.74, 6) is -0.485. The zero-order valence-electron chi connectivity index (χ0n) is 11.4. The van der Waals surface area contributed by atoms with Gasteiger partial charge in [-0.2, -0.15) is 0 Å². The normalized spacial score (nSPS) is 10.5.